The molecule has 2 N–H and O–H groups in total. The van der Waals surface area contributed by atoms with Crippen molar-refractivity contribution in [3.05, 3.63) is 82.3 Å². The van der Waals surface area contributed by atoms with E-state index >= 15 is 0 Å². The summed E-state index contributed by atoms with van der Waals surface area (Å²) in [5.74, 6) is 0.937. The number of amides is 1. The van der Waals surface area contributed by atoms with Gasteiger partial charge in [0.05, 0.1) is 0 Å². The van der Waals surface area contributed by atoms with Crippen LogP contribution in [0.4, 0.5) is 11.5 Å². The zero-order valence-electron chi connectivity index (χ0n) is 16.1. The van der Waals surface area contributed by atoms with E-state index in [1.165, 1.54) is 5.56 Å². The Morgan fingerprint density at radius 1 is 0.852 bits per heavy atom. The quantitative estimate of drug-likeness (QED) is 0.699. The van der Waals surface area contributed by atoms with Crippen molar-refractivity contribution in [1.82, 2.24) is 9.97 Å². The second kappa shape index (κ2) is 7.99. The molecule has 1 amide bonds. The van der Waals surface area contributed by atoms with E-state index < -0.39 is 0 Å². The molecule has 2 aromatic carbocycles. The van der Waals surface area contributed by atoms with Crippen LogP contribution in [0.15, 0.2) is 48.5 Å². The van der Waals surface area contributed by atoms with Crippen LogP contribution in [0.25, 0.3) is 0 Å². The molecule has 0 aliphatic heterocycles. The first-order valence-corrected chi connectivity index (χ1v) is 8.94. The Bertz CT molecular complexity index is 944. The first-order chi connectivity index (χ1) is 12.9. The van der Waals surface area contributed by atoms with Gasteiger partial charge in [-0.25, -0.2) is 9.97 Å². The lowest BCUT2D eigenvalue weighted by Crippen LogP contribution is -2.16. The van der Waals surface area contributed by atoms with E-state index in [-0.39, 0.29) is 5.91 Å². The number of rotatable bonds is 5. The molecule has 0 bridgehead atoms. The molecule has 0 radical (unpaired) electrons. The van der Waals surface area contributed by atoms with Crippen LogP contribution in [0, 0.1) is 27.7 Å². The molecule has 0 atom stereocenters. The molecular weight excluding hydrogens is 336 g/mol. The number of anilines is 2. The number of benzene rings is 2. The third-order valence-corrected chi connectivity index (χ3v) is 4.14. The number of nitrogens with zero attached hydrogens (tertiary/aromatic N) is 2. The van der Waals surface area contributed by atoms with Crippen LogP contribution in [0.1, 0.15) is 38.6 Å². The average molecular weight is 360 g/mol. The Kier molecular flexibility index (Phi) is 5.50. The van der Waals surface area contributed by atoms with Crippen LogP contribution in [0.5, 0.6) is 0 Å². The molecule has 5 heteroatoms. The Morgan fingerprint density at radius 3 is 2.19 bits per heavy atom. The van der Waals surface area contributed by atoms with Crippen LogP contribution in [-0.4, -0.2) is 15.9 Å². The minimum absolute atomic E-state index is 0.246. The van der Waals surface area contributed by atoms with Gasteiger partial charge < -0.3 is 10.6 Å². The predicted molar refractivity (Wildman–Crippen MR) is 109 cm³/mol. The van der Waals surface area contributed by atoms with E-state index in [0.29, 0.717) is 23.9 Å². The summed E-state index contributed by atoms with van der Waals surface area (Å²) in [4.78, 5) is 21.3. The van der Waals surface area contributed by atoms with Gasteiger partial charge in [0.25, 0.3) is 5.91 Å². The van der Waals surface area contributed by atoms with Crippen molar-refractivity contribution < 1.29 is 4.79 Å². The summed E-state index contributed by atoms with van der Waals surface area (Å²) in [7, 11) is 0. The standard InChI is InChI=1S/C22H24N4O/c1-14-5-7-18(8-6-14)13-23-21-12-20(24-17(4)25-21)22(27)26-19-10-15(2)9-16(3)11-19/h5-12H,13H2,1-4H3,(H,26,27)(H,23,24,25). The highest BCUT2D eigenvalue weighted by Gasteiger charge is 2.11. The number of carbonyl (C=O) groups is 1. The minimum Gasteiger partial charge on any atom is -0.366 e. The molecule has 0 fully saturated rings. The Morgan fingerprint density at radius 2 is 1.52 bits per heavy atom. The molecule has 5 nitrogen and oxygen atoms in total. The fourth-order valence-corrected chi connectivity index (χ4v) is 2.92. The molecule has 1 aromatic heterocycles. The lowest BCUT2D eigenvalue weighted by atomic mass is 10.1. The molecular formula is C22H24N4O. The molecule has 0 aliphatic carbocycles. The maximum absolute atomic E-state index is 12.6. The highest BCUT2D eigenvalue weighted by atomic mass is 16.1. The summed E-state index contributed by atoms with van der Waals surface area (Å²) < 4.78 is 0. The number of nitrogens with one attached hydrogen (secondary N) is 2. The second-order valence-corrected chi connectivity index (χ2v) is 6.86. The first-order valence-electron chi connectivity index (χ1n) is 8.94. The van der Waals surface area contributed by atoms with Crippen molar-refractivity contribution >= 4 is 17.4 Å². The molecule has 0 saturated carbocycles. The molecule has 0 saturated heterocycles. The normalized spacial score (nSPS) is 10.5. The Balaban J connectivity index is 1.73. The van der Waals surface area contributed by atoms with Gasteiger partial charge in [-0.3, -0.25) is 4.79 Å². The predicted octanol–water partition coefficient (Wildman–Crippen LogP) is 4.57. The lowest BCUT2D eigenvalue weighted by molar-refractivity contribution is 0.102. The summed E-state index contributed by atoms with van der Waals surface area (Å²) >= 11 is 0. The third kappa shape index (κ3) is 5.14. The largest absolute Gasteiger partial charge is 0.366 e. The fraction of sp³-hybridized carbons (Fsp3) is 0.227. The molecule has 0 aliphatic rings. The van der Waals surface area contributed by atoms with Crippen molar-refractivity contribution in [2.24, 2.45) is 0 Å². The van der Waals surface area contributed by atoms with Crippen LogP contribution < -0.4 is 10.6 Å². The van der Waals surface area contributed by atoms with Crippen LogP contribution >= 0.6 is 0 Å². The first kappa shape index (κ1) is 18.6. The van der Waals surface area contributed by atoms with Gasteiger partial charge >= 0.3 is 0 Å². The minimum atomic E-state index is -0.246. The SMILES string of the molecule is Cc1ccc(CNc2cc(C(=O)Nc3cc(C)cc(C)c3)nc(C)n2)cc1. The summed E-state index contributed by atoms with van der Waals surface area (Å²) in [6.07, 6.45) is 0. The van der Waals surface area contributed by atoms with E-state index in [1.807, 2.05) is 26.0 Å². The molecule has 3 aromatic rings. The van der Waals surface area contributed by atoms with E-state index in [2.05, 4.69) is 57.9 Å². The highest BCUT2D eigenvalue weighted by Crippen LogP contribution is 2.16. The Hall–Kier alpha value is -3.21. The highest BCUT2D eigenvalue weighted by molar-refractivity contribution is 6.03. The van der Waals surface area contributed by atoms with Crippen LogP contribution in [-0.2, 0) is 6.54 Å². The fourth-order valence-electron chi connectivity index (χ4n) is 2.92. The van der Waals surface area contributed by atoms with Crippen molar-refractivity contribution in [3.63, 3.8) is 0 Å². The Labute approximate surface area is 159 Å². The zero-order chi connectivity index (χ0) is 19.4. The molecule has 1 heterocycles. The number of aromatic nitrogens is 2. The topological polar surface area (TPSA) is 66.9 Å². The maximum atomic E-state index is 12.6. The number of hydrogen-bond donors (Lipinski definition) is 2. The van der Waals surface area contributed by atoms with Gasteiger partial charge in [-0.1, -0.05) is 35.9 Å². The van der Waals surface area contributed by atoms with Gasteiger partial charge in [-0.15, -0.1) is 0 Å². The van der Waals surface area contributed by atoms with Crippen molar-refractivity contribution in [1.29, 1.82) is 0 Å². The molecule has 0 unspecified atom stereocenters. The van der Waals surface area contributed by atoms with E-state index in [9.17, 15) is 4.79 Å². The summed E-state index contributed by atoms with van der Waals surface area (Å²) in [5, 5.41) is 6.18. The number of hydrogen-bond acceptors (Lipinski definition) is 4. The number of carbonyl (C=O) groups excluding carboxylic acids is 1. The summed E-state index contributed by atoms with van der Waals surface area (Å²) in [5.41, 5.74) is 5.69. The van der Waals surface area contributed by atoms with Gasteiger partial charge in [-0.05, 0) is 56.5 Å². The average Bonchev–Trinajstić information content (AvgIpc) is 2.60. The van der Waals surface area contributed by atoms with Gasteiger partial charge in [-0.2, -0.15) is 0 Å². The van der Waals surface area contributed by atoms with Crippen LogP contribution in [0.3, 0.4) is 0 Å². The monoisotopic (exact) mass is 360 g/mol. The van der Waals surface area contributed by atoms with Gasteiger partial charge in [0, 0.05) is 18.3 Å². The van der Waals surface area contributed by atoms with E-state index in [1.54, 1.807) is 13.0 Å². The summed E-state index contributed by atoms with van der Waals surface area (Å²) in [6.45, 7) is 8.49. The van der Waals surface area contributed by atoms with Crippen molar-refractivity contribution in [2.75, 3.05) is 10.6 Å². The lowest BCUT2D eigenvalue weighted by Gasteiger charge is -2.10. The van der Waals surface area contributed by atoms with Gasteiger partial charge in [0.15, 0.2) is 0 Å². The maximum Gasteiger partial charge on any atom is 0.274 e. The molecule has 138 valence electrons. The van der Waals surface area contributed by atoms with Gasteiger partial charge in [0.1, 0.15) is 17.3 Å². The van der Waals surface area contributed by atoms with Crippen molar-refractivity contribution in [3.8, 4) is 0 Å². The van der Waals surface area contributed by atoms with E-state index in [4.69, 9.17) is 0 Å². The molecule has 0 spiro atoms. The third-order valence-electron chi connectivity index (χ3n) is 4.14. The molecule has 3 rings (SSSR count). The second-order valence-electron chi connectivity index (χ2n) is 6.86. The van der Waals surface area contributed by atoms with Crippen LogP contribution in [0.2, 0.25) is 0 Å². The zero-order valence-corrected chi connectivity index (χ0v) is 16.1. The van der Waals surface area contributed by atoms with E-state index in [0.717, 1.165) is 22.4 Å². The smallest absolute Gasteiger partial charge is 0.274 e. The van der Waals surface area contributed by atoms with Crippen molar-refractivity contribution in [2.45, 2.75) is 34.2 Å². The number of aryl methyl sites for hydroxylation is 4. The van der Waals surface area contributed by atoms with Gasteiger partial charge in [0.2, 0.25) is 0 Å². The summed E-state index contributed by atoms with van der Waals surface area (Å²) in [6, 6.07) is 15.9. The molecule has 27 heavy (non-hydrogen) atoms.